The summed E-state index contributed by atoms with van der Waals surface area (Å²) in [6, 6.07) is 7.88. The highest BCUT2D eigenvalue weighted by Gasteiger charge is 2.06. The normalized spacial score (nSPS) is 9.69. The molecule has 4 heteroatoms. The molecule has 0 unspecified atom stereocenters. The third-order valence-corrected chi connectivity index (χ3v) is 2.16. The van der Waals surface area contributed by atoms with Crippen LogP contribution in [0.25, 0.3) is 11.1 Å². The molecule has 0 aliphatic rings. The van der Waals surface area contributed by atoms with Crippen LogP contribution in [0.15, 0.2) is 36.7 Å². The molecule has 0 amide bonds. The van der Waals surface area contributed by atoms with Gasteiger partial charge in [0.05, 0.1) is 5.56 Å². The molecule has 0 bridgehead atoms. The van der Waals surface area contributed by atoms with E-state index >= 15 is 0 Å². The van der Waals surface area contributed by atoms with E-state index in [9.17, 15) is 5.11 Å². The number of hydrogen-bond donors (Lipinski definition) is 2. The number of phenols is 2. The number of rotatable bonds is 1. The summed E-state index contributed by atoms with van der Waals surface area (Å²) in [6.07, 6.45) is 2.99. The van der Waals surface area contributed by atoms with Gasteiger partial charge in [0.25, 0.3) is 0 Å². The highest BCUT2D eigenvalue weighted by molar-refractivity contribution is 5.71. The van der Waals surface area contributed by atoms with Crippen LogP contribution >= 0.6 is 0 Å². The van der Waals surface area contributed by atoms with Gasteiger partial charge in [-0.05, 0) is 18.2 Å². The number of aromatic hydroxyl groups is 2. The molecule has 0 saturated carbocycles. The van der Waals surface area contributed by atoms with Gasteiger partial charge in [-0.15, -0.1) is 0 Å². The first-order chi connectivity index (χ1) is 7.70. The largest absolute Gasteiger partial charge is 0.508 e. The van der Waals surface area contributed by atoms with Crippen molar-refractivity contribution in [1.29, 1.82) is 5.26 Å². The Balaban J connectivity index is 2.55. The molecule has 1 heterocycles. The van der Waals surface area contributed by atoms with Gasteiger partial charge in [-0.1, -0.05) is 0 Å². The fraction of sp³-hybridized carbons (Fsp3) is 0. The fourth-order valence-electron chi connectivity index (χ4n) is 1.41. The maximum atomic E-state index is 9.64. The molecule has 78 valence electrons. The summed E-state index contributed by atoms with van der Waals surface area (Å²) in [4.78, 5) is 3.90. The first-order valence-electron chi connectivity index (χ1n) is 4.58. The maximum Gasteiger partial charge on any atom is 0.127 e. The van der Waals surface area contributed by atoms with Crippen LogP contribution < -0.4 is 0 Å². The number of hydrogen-bond acceptors (Lipinski definition) is 4. The summed E-state index contributed by atoms with van der Waals surface area (Å²) in [6.45, 7) is 0. The van der Waals surface area contributed by atoms with Crippen molar-refractivity contribution >= 4 is 0 Å². The predicted molar refractivity (Wildman–Crippen MR) is 57.7 cm³/mol. The monoisotopic (exact) mass is 212 g/mol. The molecule has 2 N–H and O–H groups in total. The summed E-state index contributed by atoms with van der Waals surface area (Å²) >= 11 is 0. The van der Waals surface area contributed by atoms with Gasteiger partial charge in [0.1, 0.15) is 17.6 Å². The average molecular weight is 212 g/mol. The second kappa shape index (κ2) is 3.91. The molecule has 0 fully saturated rings. The van der Waals surface area contributed by atoms with Gasteiger partial charge < -0.3 is 10.2 Å². The SMILES string of the molecule is N#Cc1cncc(-c2ccc(O)cc2O)c1. The zero-order valence-corrected chi connectivity index (χ0v) is 8.25. The van der Waals surface area contributed by atoms with E-state index < -0.39 is 0 Å². The first kappa shape index (κ1) is 9.99. The quantitative estimate of drug-likeness (QED) is 0.758. The molecule has 1 aromatic carbocycles. The summed E-state index contributed by atoms with van der Waals surface area (Å²) in [5.41, 5.74) is 1.59. The van der Waals surface area contributed by atoms with E-state index in [1.807, 2.05) is 6.07 Å². The molecular formula is C12H8N2O2. The Bertz CT molecular complexity index is 573. The second-order valence-corrected chi connectivity index (χ2v) is 3.28. The van der Waals surface area contributed by atoms with Crippen LogP contribution in [0.4, 0.5) is 0 Å². The van der Waals surface area contributed by atoms with Crippen molar-refractivity contribution in [1.82, 2.24) is 4.98 Å². The van der Waals surface area contributed by atoms with Crippen LogP contribution in [0, 0.1) is 11.3 Å². The van der Waals surface area contributed by atoms with E-state index in [1.54, 1.807) is 18.3 Å². The Labute approximate surface area is 92.1 Å². The lowest BCUT2D eigenvalue weighted by Gasteiger charge is -2.04. The third kappa shape index (κ3) is 1.79. The maximum absolute atomic E-state index is 9.64. The highest BCUT2D eigenvalue weighted by Crippen LogP contribution is 2.31. The third-order valence-electron chi connectivity index (χ3n) is 2.16. The number of pyridine rings is 1. The van der Waals surface area contributed by atoms with Crippen LogP contribution in [0.2, 0.25) is 0 Å². The molecule has 2 rings (SSSR count). The molecule has 0 spiro atoms. The Morgan fingerprint density at radius 3 is 2.62 bits per heavy atom. The van der Waals surface area contributed by atoms with Crippen molar-refractivity contribution in [2.45, 2.75) is 0 Å². The smallest absolute Gasteiger partial charge is 0.127 e. The standard InChI is InChI=1S/C12H8N2O2/c13-5-8-3-9(7-14-6-8)11-2-1-10(15)4-12(11)16/h1-4,6-7,15-16H. The summed E-state index contributed by atoms with van der Waals surface area (Å²) in [5, 5.41) is 27.5. The van der Waals surface area contributed by atoms with E-state index in [0.29, 0.717) is 16.7 Å². The van der Waals surface area contributed by atoms with E-state index in [4.69, 9.17) is 10.4 Å². The number of phenolic OH excluding ortho intramolecular Hbond substituents is 2. The average Bonchev–Trinajstić information content (AvgIpc) is 2.29. The van der Waals surface area contributed by atoms with Crippen LogP contribution in [-0.2, 0) is 0 Å². The number of aromatic nitrogens is 1. The first-order valence-corrected chi connectivity index (χ1v) is 4.58. The van der Waals surface area contributed by atoms with Crippen LogP contribution in [0.5, 0.6) is 11.5 Å². The van der Waals surface area contributed by atoms with Crippen LogP contribution in [-0.4, -0.2) is 15.2 Å². The fourth-order valence-corrected chi connectivity index (χ4v) is 1.41. The van der Waals surface area contributed by atoms with Gasteiger partial charge in [-0.25, -0.2) is 0 Å². The van der Waals surface area contributed by atoms with E-state index in [1.165, 1.54) is 18.3 Å². The Hall–Kier alpha value is -2.54. The van der Waals surface area contributed by atoms with Gasteiger partial charge in [0, 0.05) is 29.6 Å². The molecule has 16 heavy (non-hydrogen) atoms. The minimum atomic E-state index is -0.0445. The number of nitrogens with zero attached hydrogens (tertiary/aromatic N) is 2. The lowest BCUT2D eigenvalue weighted by atomic mass is 10.1. The zero-order valence-electron chi connectivity index (χ0n) is 8.25. The van der Waals surface area contributed by atoms with Crippen molar-refractivity contribution in [3.63, 3.8) is 0 Å². The Kier molecular flexibility index (Phi) is 2.44. The Morgan fingerprint density at radius 2 is 1.94 bits per heavy atom. The van der Waals surface area contributed by atoms with Crippen LogP contribution in [0.3, 0.4) is 0 Å². The zero-order chi connectivity index (χ0) is 11.5. The van der Waals surface area contributed by atoms with Crippen LogP contribution in [0.1, 0.15) is 5.56 Å². The second-order valence-electron chi connectivity index (χ2n) is 3.28. The van der Waals surface area contributed by atoms with E-state index in [-0.39, 0.29) is 11.5 Å². The van der Waals surface area contributed by atoms with Gasteiger partial charge in [0.2, 0.25) is 0 Å². The molecule has 4 nitrogen and oxygen atoms in total. The molecule has 0 aliphatic heterocycles. The summed E-state index contributed by atoms with van der Waals surface area (Å²) in [7, 11) is 0. The van der Waals surface area contributed by atoms with Gasteiger partial charge in [-0.2, -0.15) is 5.26 Å². The molecule has 0 saturated heterocycles. The molecule has 0 radical (unpaired) electrons. The molecule has 0 aliphatic carbocycles. The molecular weight excluding hydrogens is 204 g/mol. The van der Waals surface area contributed by atoms with E-state index in [2.05, 4.69) is 4.98 Å². The van der Waals surface area contributed by atoms with Crippen molar-refractivity contribution in [2.75, 3.05) is 0 Å². The minimum Gasteiger partial charge on any atom is -0.508 e. The van der Waals surface area contributed by atoms with Crippen molar-refractivity contribution in [3.05, 3.63) is 42.2 Å². The van der Waals surface area contributed by atoms with Crippen molar-refractivity contribution < 1.29 is 10.2 Å². The van der Waals surface area contributed by atoms with Gasteiger partial charge >= 0.3 is 0 Å². The minimum absolute atomic E-state index is 0.00866. The lowest BCUT2D eigenvalue weighted by Crippen LogP contribution is -1.83. The van der Waals surface area contributed by atoms with Gasteiger partial charge in [-0.3, -0.25) is 4.98 Å². The topological polar surface area (TPSA) is 77.1 Å². The van der Waals surface area contributed by atoms with E-state index in [0.717, 1.165) is 0 Å². The highest BCUT2D eigenvalue weighted by atomic mass is 16.3. The molecule has 0 atom stereocenters. The molecule has 2 aromatic rings. The predicted octanol–water partition coefficient (Wildman–Crippen LogP) is 2.03. The van der Waals surface area contributed by atoms with Gasteiger partial charge in [0.15, 0.2) is 0 Å². The number of nitriles is 1. The Morgan fingerprint density at radius 1 is 1.12 bits per heavy atom. The van der Waals surface area contributed by atoms with Crippen molar-refractivity contribution in [2.24, 2.45) is 0 Å². The number of benzene rings is 1. The molecule has 1 aromatic heterocycles. The summed E-state index contributed by atoms with van der Waals surface area (Å²) in [5.74, 6) is -0.0532. The van der Waals surface area contributed by atoms with Crippen molar-refractivity contribution in [3.8, 4) is 28.7 Å². The lowest BCUT2D eigenvalue weighted by molar-refractivity contribution is 0.452. The summed E-state index contributed by atoms with van der Waals surface area (Å²) < 4.78 is 0.